The molecule has 0 spiro atoms. The van der Waals surface area contributed by atoms with Crippen molar-refractivity contribution in [2.75, 3.05) is 0 Å². The minimum Gasteiger partial charge on any atom is -0.393 e. The molecule has 0 radical (unpaired) electrons. The maximum absolute atomic E-state index is 11.6. The molecule has 0 heterocycles. The first kappa shape index (κ1) is 23.5. The maximum Gasteiger partial charge on any atom is 0.102 e. The van der Waals surface area contributed by atoms with Gasteiger partial charge in [0.15, 0.2) is 0 Å². The van der Waals surface area contributed by atoms with Crippen LogP contribution in [0, 0.1) is 46.3 Å². The van der Waals surface area contributed by atoms with Gasteiger partial charge in [0.25, 0.3) is 0 Å². The van der Waals surface area contributed by atoms with E-state index in [4.69, 9.17) is 0 Å². The molecule has 3 saturated carbocycles. The zero-order valence-corrected chi connectivity index (χ0v) is 20.6. The molecule has 0 aliphatic heterocycles. The molecule has 3 fully saturated rings. The van der Waals surface area contributed by atoms with Crippen LogP contribution in [-0.2, 0) is 0 Å². The number of aliphatic hydroxyl groups excluding tert-OH is 2. The topological polar surface area (TPSA) is 60.7 Å². The fourth-order valence-corrected chi connectivity index (χ4v) is 8.16. The lowest BCUT2D eigenvalue weighted by Crippen LogP contribution is -2.65. The second-order valence-corrected chi connectivity index (χ2v) is 12.5. The van der Waals surface area contributed by atoms with Crippen LogP contribution in [0.5, 0.6) is 0 Å². The average molecular weight is 431 g/mol. The van der Waals surface area contributed by atoms with Crippen molar-refractivity contribution in [3.63, 3.8) is 0 Å². The summed E-state index contributed by atoms with van der Waals surface area (Å²) in [5.74, 6) is 3.37. The molecule has 10 atom stereocenters. The van der Waals surface area contributed by atoms with E-state index in [2.05, 4.69) is 53.7 Å². The largest absolute Gasteiger partial charge is 0.393 e. The first-order valence-corrected chi connectivity index (χ1v) is 12.9. The third-order valence-corrected chi connectivity index (χ3v) is 10.7. The summed E-state index contributed by atoms with van der Waals surface area (Å²) in [5, 5.41) is 32.9. The number of allylic oxidation sites excluding steroid dienone is 3. The Kier molecular flexibility index (Phi) is 6.06. The molecular formula is C28H46O3. The monoisotopic (exact) mass is 430 g/mol. The van der Waals surface area contributed by atoms with Gasteiger partial charge in [0.1, 0.15) is 11.7 Å². The normalized spacial score (nSPS) is 49.4. The van der Waals surface area contributed by atoms with Gasteiger partial charge in [0.2, 0.25) is 0 Å². The van der Waals surface area contributed by atoms with E-state index in [0.717, 1.165) is 19.3 Å². The molecular weight excluding hydrogens is 384 g/mol. The summed E-state index contributed by atoms with van der Waals surface area (Å²) in [4.78, 5) is 0. The summed E-state index contributed by atoms with van der Waals surface area (Å²) in [6.45, 7) is 14.0. The lowest BCUT2D eigenvalue weighted by atomic mass is 9.45. The molecule has 0 aromatic rings. The van der Waals surface area contributed by atoms with Gasteiger partial charge in [0.05, 0.1) is 6.10 Å². The predicted molar refractivity (Wildman–Crippen MR) is 126 cm³/mol. The van der Waals surface area contributed by atoms with E-state index in [1.807, 2.05) is 6.08 Å². The van der Waals surface area contributed by atoms with Gasteiger partial charge in [-0.3, -0.25) is 0 Å². The van der Waals surface area contributed by atoms with Crippen LogP contribution in [0.4, 0.5) is 0 Å². The third kappa shape index (κ3) is 3.49. The van der Waals surface area contributed by atoms with E-state index in [1.54, 1.807) is 0 Å². The van der Waals surface area contributed by atoms with Gasteiger partial charge in [-0.15, -0.1) is 0 Å². The number of fused-ring (bicyclic) bond motifs is 5. The van der Waals surface area contributed by atoms with E-state index in [9.17, 15) is 15.3 Å². The SMILES string of the molecule is CC(C)C(C)/C=C/[C@@H](C)[C@H]1CCC2C3=C[C@@H](O)[C@@]4(O)C[C@@H](O)CC[C@]4(C)C3CC[C@@]21C. The minimum atomic E-state index is -1.20. The van der Waals surface area contributed by atoms with Gasteiger partial charge in [-0.05, 0) is 79.4 Å². The fraction of sp³-hybridized carbons (Fsp3) is 0.857. The van der Waals surface area contributed by atoms with Crippen molar-refractivity contribution in [2.24, 2.45) is 46.3 Å². The van der Waals surface area contributed by atoms with Crippen LogP contribution in [0.25, 0.3) is 0 Å². The Morgan fingerprint density at radius 2 is 1.65 bits per heavy atom. The van der Waals surface area contributed by atoms with Crippen molar-refractivity contribution < 1.29 is 15.3 Å². The van der Waals surface area contributed by atoms with E-state index in [1.165, 1.54) is 24.8 Å². The Morgan fingerprint density at radius 1 is 0.935 bits per heavy atom. The van der Waals surface area contributed by atoms with Gasteiger partial charge >= 0.3 is 0 Å². The van der Waals surface area contributed by atoms with Crippen molar-refractivity contribution in [1.82, 2.24) is 0 Å². The highest BCUT2D eigenvalue weighted by molar-refractivity contribution is 5.33. The molecule has 3 nitrogen and oxygen atoms in total. The molecule has 0 saturated heterocycles. The Balaban J connectivity index is 1.61. The number of hydrogen-bond donors (Lipinski definition) is 3. The van der Waals surface area contributed by atoms with Crippen LogP contribution in [0.2, 0.25) is 0 Å². The standard InChI is InChI=1S/C28H46O3/c1-17(2)18(3)7-8-19(4)22-9-10-23-21-15-25(30)28(31)16-20(29)11-14-27(28,6)24(21)12-13-26(22,23)5/h7-8,15,17-20,22-25,29-31H,9-14,16H2,1-6H3/b8-7+/t18?,19-,20+,22-,23?,24?,25-,26-,27-,28+/m1/s1. The maximum atomic E-state index is 11.6. The molecule has 0 bridgehead atoms. The highest BCUT2D eigenvalue weighted by Gasteiger charge is 2.64. The van der Waals surface area contributed by atoms with E-state index in [0.29, 0.717) is 41.9 Å². The number of hydrogen-bond acceptors (Lipinski definition) is 3. The summed E-state index contributed by atoms with van der Waals surface area (Å²) in [7, 11) is 0. The molecule has 0 amide bonds. The van der Waals surface area contributed by atoms with E-state index < -0.39 is 17.8 Å². The van der Waals surface area contributed by atoms with Gasteiger partial charge in [0, 0.05) is 11.8 Å². The van der Waals surface area contributed by atoms with Crippen molar-refractivity contribution >= 4 is 0 Å². The lowest BCUT2D eigenvalue weighted by molar-refractivity contribution is -0.210. The summed E-state index contributed by atoms with van der Waals surface area (Å²) >= 11 is 0. The van der Waals surface area contributed by atoms with E-state index in [-0.39, 0.29) is 10.8 Å². The van der Waals surface area contributed by atoms with Crippen LogP contribution >= 0.6 is 0 Å². The molecule has 3 unspecified atom stereocenters. The highest BCUT2D eigenvalue weighted by atomic mass is 16.3. The van der Waals surface area contributed by atoms with Crippen molar-refractivity contribution in [2.45, 2.75) is 104 Å². The highest BCUT2D eigenvalue weighted by Crippen LogP contribution is 2.67. The summed E-state index contributed by atoms with van der Waals surface area (Å²) < 4.78 is 0. The summed E-state index contributed by atoms with van der Waals surface area (Å²) in [5.41, 5.74) is 0.160. The second kappa shape index (κ2) is 7.99. The van der Waals surface area contributed by atoms with Crippen LogP contribution in [0.3, 0.4) is 0 Å². The Labute approximate surface area is 190 Å². The molecule has 4 aliphatic rings. The third-order valence-electron chi connectivity index (χ3n) is 10.7. The molecule has 4 rings (SSSR count). The zero-order valence-electron chi connectivity index (χ0n) is 20.6. The molecule has 31 heavy (non-hydrogen) atoms. The first-order valence-electron chi connectivity index (χ1n) is 12.9. The summed E-state index contributed by atoms with van der Waals surface area (Å²) in [6, 6.07) is 0. The lowest BCUT2D eigenvalue weighted by Gasteiger charge is -2.62. The van der Waals surface area contributed by atoms with Crippen LogP contribution in [0.1, 0.15) is 86.5 Å². The van der Waals surface area contributed by atoms with Crippen LogP contribution < -0.4 is 0 Å². The molecule has 3 heteroatoms. The minimum absolute atomic E-state index is 0.271. The van der Waals surface area contributed by atoms with Crippen molar-refractivity contribution in [3.8, 4) is 0 Å². The number of rotatable bonds is 4. The predicted octanol–water partition coefficient (Wildman–Crippen LogP) is 5.50. The number of aliphatic hydroxyl groups is 3. The van der Waals surface area contributed by atoms with E-state index >= 15 is 0 Å². The van der Waals surface area contributed by atoms with Crippen molar-refractivity contribution in [3.05, 3.63) is 23.8 Å². The molecule has 0 aromatic carbocycles. The van der Waals surface area contributed by atoms with Gasteiger partial charge in [-0.1, -0.05) is 65.3 Å². The van der Waals surface area contributed by atoms with Gasteiger partial charge < -0.3 is 15.3 Å². The Bertz CT molecular complexity index is 741. The second-order valence-electron chi connectivity index (χ2n) is 12.5. The van der Waals surface area contributed by atoms with Crippen LogP contribution in [-0.4, -0.2) is 33.1 Å². The zero-order chi connectivity index (χ0) is 22.8. The Hall–Kier alpha value is -0.640. The molecule has 176 valence electrons. The van der Waals surface area contributed by atoms with Gasteiger partial charge in [-0.25, -0.2) is 0 Å². The summed E-state index contributed by atoms with van der Waals surface area (Å²) in [6.07, 6.45) is 12.1. The fourth-order valence-electron chi connectivity index (χ4n) is 8.16. The van der Waals surface area contributed by atoms with Crippen molar-refractivity contribution in [1.29, 1.82) is 0 Å². The van der Waals surface area contributed by atoms with Gasteiger partial charge in [-0.2, -0.15) is 0 Å². The average Bonchev–Trinajstić information content (AvgIpc) is 3.05. The van der Waals surface area contributed by atoms with Crippen LogP contribution in [0.15, 0.2) is 23.8 Å². The molecule has 3 N–H and O–H groups in total. The smallest absolute Gasteiger partial charge is 0.102 e. The quantitative estimate of drug-likeness (QED) is 0.516. The first-order chi connectivity index (χ1) is 14.4. The molecule has 4 aliphatic carbocycles. The Morgan fingerprint density at radius 3 is 2.32 bits per heavy atom. The molecule has 0 aromatic heterocycles.